The molecule has 1 aromatic carbocycles. The van der Waals surface area contributed by atoms with Crippen LogP contribution in [0.25, 0.3) is 11.4 Å². The number of benzene rings is 1. The van der Waals surface area contributed by atoms with Gasteiger partial charge in [0.1, 0.15) is 12.2 Å². The lowest BCUT2D eigenvalue weighted by Gasteiger charge is -2.40. The quantitative estimate of drug-likeness (QED) is 0.584. The molecule has 2 aromatic rings. The highest BCUT2D eigenvalue weighted by Crippen LogP contribution is 2.36. The van der Waals surface area contributed by atoms with E-state index in [2.05, 4.69) is 20.7 Å². The second kappa shape index (κ2) is 8.25. The van der Waals surface area contributed by atoms with E-state index in [-0.39, 0.29) is 12.0 Å². The molecule has 2 aliphatic rings. The molecular weight excluding hydrogens is 404 g/mol. The minimum Gasteiger partial charge on any atom is -0.494 e. The number of rotatable bonds is 4. The second-order valence-electron chi connectivity index (χ2n) is 7.79. The molecule has 0 saturated heterocycles. The Labute approximate surface area is 180 Å². The Hall–Kier alpha value is -2.62. The topological polar surface area (TPSA) is 128 Å². The normalized spacial score (nSPS) is 26.4. The Morgan fingerprint density at radius 2 is 2.07 bits per heavy atom. The molecule has 1 aromatic heterocycles. The first-order chi connectivity index (χ1) is 14.4. The van der Waals surface area contributed by atoms with Gasteiger partial charge in [-0.3, -0.25) is 10.4 Å². The van der Waals surface area contributed by atoms with Crippen LogP contribution in [0, 0.1) is 5.92 Å². The van der Waals surface area contributed by atoms with E-state index in [1.807, 2.05) is 25.2 Å². The summed E-state index contributed by atoms with van der Waals surface area (Å²) in [6, 6.07) is 5.92. The summed E-state index contributed by atoms with van der Waals surface area (Å²) in [6.45, 7) is 0. The average Bonchev–Trinajstić information content (AvgIpc) is 3.17. The van der Waals surface area contributed by atoms with Crippen molar-refractivity contribution in [2.45, 2.75) is 37.5 Å². The third-order valence-corrected chi connectivity index (χ3v) is 5.95. The Morgan fingerprint density at radius 3 is 2.73 bits per heavy atom. The molecule has 0 spiro atoms. The summed E-state index contributed by atoms with van der Waals surface area (Å²) in [4.78, 5) is 9.08. The molecule has 1 fully saturated rings. The first-order valence-electron chi connectivity index (χ1n) is 9.97. The van der Waals surface area contributed by atoms with Crippen molar-refractivity contribution in [2.75, 3.05) is 12.4 Å². The molecule has 0 bridgehead atoms. The summed E-state index contributed by atoms with van der Waals surface area (Å²) in [5.41, 5.74) is 14.2. The van der Waals surface area contributed by atoms with Gasteiger partial charge < -0.3 is 21.1 Å². The summed E-state index contributed by atoms with van der Waals surface area (Å²) in [6.07, 6.45) is 7.04. The van der Waals surface area contributed by atoms with E-state index < -0.39 is 5.79 Å². The number of aliphatic imine (C=N–C) groups is 1. The SMILES string of the molecule is COc1c(NC2=NC(N)([C@H]3CC[C@H](N)CC3)NC=C2Cl)cccc1-c1ncn(C)n1. The lowest BCUT2D eigenvalue weighted by molar-refractivity contribution is 0.179. The van der Waals surface area contributed by atoms with E-state index in [9.17, 15) is 0 Å². The fourth-order valence-corrected chi connectivity index (χ4v) is 4.14. The number of nitrogens with one attached hydrogen (secondary N) is 2. The van der Waals surface area contributed by atoms with Gasteiger partial charge in [0.2, 0.25) is 0 Å². The Kier molecular flexibility index (Phi) is 5.68. The number of aryl methyl sites for hydroxylation is 1. The summed E-state index contributed by atoms with van der Waals surface area (Å²) in [5.74, 6) is 0.881. The van der Waals surface area contributed by atoms with Crippen LogP contribution in [0.15, 0.2) is 40.8 Å². The highest BCUT2D eigenvalue weighted by atomic mass is 35.5. The predicted octanol–water partition coefficient (Wildman–Crippen LogP) is 2.11. The number of ether oxygens (including phenoxy) is 1. The molecule has 1 saturated carbocycles. The van der Waals surface area contributed by atoms with Gasteiger partial charge in [-0.1, -0.05) is 17.7 Å². The number of para-hydroxylation sites is 1. The molecule has 0 amide bonds. The fraction of sp³-hybridized carbons (Fsp3) is 0.450. The fourth-order valence-electron chi connectivity index (χ4n) is 4.00. The Balaban J connectivity index is 1.64. The van der Waals surface area contributed by atoms with E-state index in [0.29, 0.717) is 28.1 Å². The summed E-state index contributed by atoms with van der Waals surface area (Å²) < 4.78 is 7.31. The summed E-state index contributed by atoms with van der Waals surface area (Å²) in [7, 11) is 3.42. The molecule has 1 atom stereocenters. The van der Waals surface area contributed by atoms with Crippen LogP contribution in [0.2, 0.25) is 0 Å². The van der Waals surface area contributed by atoms with Gasteiger partial charge in [-0.2, -0.15) is 5.10 Å². The molecule has 1 unspecified atom stereocenters. The maximum Gasteiger partial charge on any atom is 0.187 e. The molecule has 4 rings (SSSR count). The number of methoxy groups -OCH3 is 1. The largest absolute Gasteiger partial charge is 0.494 e. The number of hydrogen-bond donors (Lipinski definition) is 4. The zero-order valence-electron chi connectivity index (χ0n) is 17.1. The average molecular weight is 431 g/mol. The third kappa shape index (κ3) is 4.00. The van der Waals surface area contributed by atoms with Crippen molar-refractivity contribution >= 4 is 23.1 Å². The highest BCUT2D eigenvalue weighted by Gasteiger charge is 2.38. The van der Waals surface area contributed by atoms with Crippen LogP contribution >= 0.6 is 11.6 Å². The zero-order chi connectivity index (χ0) is 21.3. The van der Waals surface area contributed by atoms with Crippen LogP contribution in [0.5, 0.6) is 5.75 Å². The van der Waals surface area contributed by atoms with Crippen molar-refractivity contribution in [3.63, 3.8) is 0 Å². The Bertz CT molecular complexity index is 979. The van der Waals surface area contributed by atoms with Crippen LogP contribution < -0.4 is 26.8 Å². The molecular formula is C20H27ClN8O. The van der Waals surface area contributed by atoms with Crippen LogP contribution in [-0.4, -0.2) is 39.5 Å². The standard InChI is InChI=1S/C20H27ClN8O/c1-29-11-24-18(28-29)14-4-3-5-16(17(14)30-2)26-19-15(21)10-25-20(23,27-19)12-6-8-13(22)9-7-12/h3-5,10-13,25H,6-9,22-23H2,1-2H3,(H,26,27)/t12-,13-,20?. The molecule has 30 heavy (non-hydrogen) atoms. The number of amidine groups is 1. The molecule has 2 heterocycles. The number of aromatic nitrogens is 3. The minimum atomic E-state index is -0.936. The summed E-state index contributed by atoms with van der Waals surface area (Å²) in [5, 5.41) is 11.3. The van der Waals surface area contributed by atoms with Crippen molar-refractivity contribution in [3.05, 3.63) is 35.8 Å². The maximum absolute atomic E-state index is 6.64. The molecule has 6 N–H and O–H groups in total. The van der Waals surface area contributed by atoms with Crippen molar-refractivity contribution < 1.29 is 4.74 Å². The van der Waals surface area contributed by atoms with Crippen molar-refractivity contribution in [1.82, 2.24) is 20.1 Å². The third-order valence-electron chi connectivity index (χ3n) is 5.66. The van der Waals surface area contributed by atoms with E-state index >= 15 is 0 Å². The number of hydrogen-bond acceptors (Lipinski definition) is 8. The smallest absolute Gasteiger partial charge is 0.187 e. The van der Waals surface area contributed by atoms with Gasteiger partial charge in [0.05, 0.1) is 23.4 Å². The lowest BCUT2D eigenvalue weighted by Crippen LogP contribution is -2.59. The molecule has 160 valence electrons. The van der Waals surface area contributed by atoms with E-state index in [1.54, 1.807) is 24.3 Å². The van der Waals surface area contributed by atoms with Gasteiger partial charge >= 0.3 is 0 Å². The van der Waals surface area contributed by atoms with E-state index in [1.165, 1.54) is 0 Å². The van der Waals surface area contributed by atoms with Gasteiger partial charge in [0.25, 0.3) is 0 Å². The van der Waals surface area contributed by atoms with Gasteiger partial charge in [-0.25, -0.2) is 9.98 Å². The van der Waals surface area contributed by atoms with Gasteiger partial charge in [-0.05, 0) is 37.8 Å². The van der Waals surface area contributed by atoms with Crippen LogP contribution in [0.1, 0.15) is 25.7 Å². The number of anilines is 1. The Morgan fingerprint density at radius 1 is 1.30 bits per heavy atom. The molecule has 1 aliphatic heterocycles. The van der Waals surface area contributed by atoms with Crippen molar-refractivity contribution in [2.24, 2.45) is 29.4 Å². The van der Waals surface area contributed by atoms with Crippen LogP contribution in [0.3, 0.4) is 0 Å². The molecule has 9 nitrogen and oxygen atoms in total. The van der Waals surface area contributed by atoms with Crippen molar-refractivity contribution in [1.29, 1.82) is 0 Å². The first kappa shape index (κ1) is 20.6. The van der Waals surface area contributed by atoms with Crippen LogP contribution in [0.4, 0.5) is 5.69 Å². The lowest BCUT2D eigenvalue weighted by atomic mass is 9.82. The van der Waals surface area contributed by atoms with E-state index in [0.717, 1.165) is 31.2 Å². The highest BCUT2D eigenvalue weighted by molar-refractivity contribution is 6.45. The number of nitrogens with two attached hydrogens (primary N) is 2. The molecule has 10 heteroatoms. The predicted molar refractivity (Wildman–Crippen MR) is 118 cm³/mol. The van der Waals surface area contributed by atoms with E-state index in [4.69, 9.17) is 32.8 Å². The van der Waals surface area contributed by atoms with Gasteiger partial charge in [-0.15, -0.1) is 0 Å². The first-order valence-corrected chi connectivity index (χ1v) is 10.4. The number of nitrogens with zero attached hydrogens (tertiary/aromatic N) is 4. The van der Waals surface area contributed by atoms with Gasteiger partial charge in [0, 0.05) is 25.2 Å². The van der Waals surface area contributed by atoms with Gasteiger partial charge in [0.15, 0.2) is 17.4 Å². The molecule has 1 aliphatic carbocycles. The molecule has 0 radical (unpaired) electrons. The maximum atomic E-state index is 6.64. The van der Waals surface area contributed by atoms with Crippen molar-refractivity contribution in [3.8, 4) is 17.1 Å². The minimum absolute atomic E-state index is 0.168. The number of halogens is 1. The second-order valence-corrected chi connectivity index (χ2v) is 8.19. The zero-order valence-corrected chi connectivity index (χ0v) is 17.9. The summed E-state index contributed by atoms with van der Waals surface area (Å²) >= 11 is 6.44. The monoisotopic (exact) mass is 430 g/mol. The van der Waals surface area contributed by atoms with Crippen LogP contribution in [-0.2, 0) is 7.05 Å².